The number of likely N-dealkylation sites (tertiary alicyclic amines) is 1. The number of anilines is 1. The topological polar surface area (TPSA) is 78.8 Å². The highest BCUT2D eigenvalue weighted by atomic mass is 32.1. The molecule has 0 aliphatic carbocycles. The standard InChI is InChI=1S/C25H32N4O3S/c1-17-7-9-20(10-8-17)32-15-13-28(3)23-21-18(2)22(33-24(21)27-16-26-23)25(31)29-12-5-4-6-19(29)11-14-30/h7-10,16,19,30H,4-6,11-15H2,1-3H3. The number of fused-ring (bicyclic) bond motifs is 1. The lowest BCUT2D eigenvalue weighted by atomic mass is 9.99. The van der Waals surface area contributed by atoms with E-state index in [1.807, 2.05) is 43.1 Å². The maximum absolute atomic E-state index is 13.5. The summed E-state index contributed by atoms with van der Waals surface area (Å²) in [5.74, 6) is 1.70. The number of likely N-dealkylation sites (N-methyl/N-ethyl adjacent to an activating group) is 1. The van der Waals surface area contributed by atoms with Gasteiger partial charge >= 0.3 is 0 Å². The van der Waals surface area contributed by atoms with E-state index in [1.54, 1.807) is 6.33 Å². The van der Waals surface area contributed by atoms with Crippen molar-refractivity contribution in [1.82, 2.24) is 14.9 Å². The van der Waals surface area contributed by atoms with Crippen LogP contribution in [0.25, 0.3) is 10.2 Å². The van der Waals surface area contributed by atoms with Gasteiger partial charge in [-0.25, -0.2) is 9.97 Å². The number of nitrogens with zero attached hydrogens (tertiary/aromatic N) is 4. The van der Waals surface area contributed by atoms with Gasteiger partial charge < -0.3 is 19.6 Å². The lowest BCUT2D eigenvalue weighted by Crippen LogP contribution is -2.44. The Morgan fingerprint density at radius 2 is 2.03 bits per heavy atom. The van der Waals surface area contributed by atoms with Gasteiger partial charge in [-0.3, -0.25) is 4.79 Å². The predicted molar refractivity (Wildman–Crippen MR) is 132 cm³/mol. The Bertz CT molecular complexity index is 1100. The van der Waals surface area contributed by atoms with E-state index in [-0.39, 0.29) is 18.6 Å². The second kappa shape index (κ2) is 10.5. The van der Waals surface area contributed by atoms with E-state index in [2.05, 4.69) is 21.8 Å². The summed E-state index contributed by atoms with van der Waals surface area (Å²) in [4.78, 5) is 28.0. The molecule has 1 N–H and O–H groups in total. The molecule has 1 saturated heterocycles. The average Bonchev–Trinajstić information content (AvgIpc) is 3.17. The highest BCUT2D eigenvalue weighted by Crippen LogP contribution is 2.36. The van der Waals surface area contributed by atoms with Crippen molar-refractivity contribution in [2.45, 2.75) is 45.6 Å². The number of rotatable bonds is 8. The summed E-state index contributed by atoms with van der Waals surface area (Å²) >= 11 is 1.44. The zero-order valence-corrected chi connectivity index (χ0v) is 20.4. The van der Waals surface area contributed by atoms with Crippen molar-refractivity contribution in [1.29, 1.82) is 0 Å². The summed E-state index contributed by atoms with van der Waals surface area (Å²) in [6.07, 6.45) is 5.25. The van der Waals surface area contributed by atoms with Crippen LogP contribution in [-0.2, 0) is 0 Å². The van der Waals surface area contributed by atoms with Gasteiger partial charge in [0.15, 0.2) is 0 Å². The molecule has 1 amide bonds. The summed E-state index contributed by atoms with van der Waals surface area (Å²) in [5, 5.41) is 10.4. The highest BCUT2D eigenvalue weighted by Gasteiger charge is 2.30. The molecule has 1 unspecified atom stereocenters. The largest absolute Gasteiger partial charge is 0.492 e. The minimum Gasteiger partial charge on any atom is -0.492 e. The molecule has 0 spiro atoms. The Kier molecular flexibility index (Phi) is 7.45. The van der Waals surface area contributed by atoms with Crippen molar-refractivity contribution < 1.29 is 14.6 Å². The van der Waals surface area contributed by atoms with Crippen LogP contribution in [0.5, 0.6) is 5.75 Å². The highest BCUT2D eigenvalue weighted by molar-refractivity contribution is 7.20. The molecular formula is C25H32N4O3S. The first kappa shape index (κ1) is 23.4. The summed E-state index contributed by atoms with van der Waals surface area (Å²) in [5.41, 5.74) is 2.13. The fourth-order valence-corrected chi connectivity index (χ4v) is 5.53. The molecule has 3 heterocycles. The maximum atomic E-state index is 13.5. The van der Waals surface area contributed by atoms with Crippen LogP contribution in [0.1, 0.15) is 46.5 Å². The number of aromatic nitrogens is 2. The van der Waals surface area contributed by atoms with E-state index in [1.165, 1.54) is 16.9 Å². The molecule has 2 aromatic heterocycles. The third kappa shape index (κ3) is 5.12. The fraction of sp³-hybridized carbons (Fsp3) is 0.480. The molecule has 33 heavy (non-hydrogen) atoms. The number of amides is 1. The van der Waals surface area contributed by atoms with Gasteiger partial charge in [-0.15, -0.1) is 11.3 Å². The second-order valence-corrected chi connectivity index (χ2v) is 9.68. The van der Waals surface area contributed by atoms with Gasteiger partial charge in [0, 0.05) is 26.2 Å². The number of carbonyl (C=O) groups excluding carboxylic acids is 1. The Morgan fingerprint density at radius 3 is 2.79 bits per heavy atom. The molecule has 176 valence electrons. The quantitative estimate of drug-likeness (QED) is 0.534. The minimum absolute atomic E-state index is 0.0463. The number of thiophene rings is 1. The summed E-state index contributed by atoms with van der Waals surface area (Å²) in [6.45, 7) is 6.07. The zero-order chi connectivity index (χ0) is 23.4. The maximum Gasteiger partial charge on any atom is 0.264 e. The summed E-state index contributed by atoms with van der Waals surface area (Å²) < 4.78 is 5.89. The number of piperidine rings is 1. The summed E-state index contributed by atoms with van der Waals surface area (Å²) in [6, 6.07) is 8.13. The van der Waals surface area contributed by atoms with Crippen LogP contribution >= 0.6 is 11.3 Å². The van der Waals surface area contributed by atoms with Crippen LogP contribution in [0.2, 0.25) is 0 Å². The van der Waals surface area contributed by atoms with Gasteiger partial charge in [-0.2, -0.15) is 0 Å². The number of aliphatic hydroxyl groups is 1. The van der Waals surface area contributed by atoms with E-state index in [9.17, 15) is 9.90 Å². The minimum atomic E-state index is 0.0463. The Morgan fingerprint density at radius 1 is 1.24 bits per heavy atom. The molecule has 1 atom stereocenters. The Labute approximate surface area is 199 Å². The lowest BCUT2D eigenvalue weighted by Gasteiger charge is -2.35. The smallest absolute Gasteiger partial charge is 0.264 e. The van der Waals surface area contributed by atoms with Crippen molar-refractivity contribution in [3.8, 4) is 5.75 Å². The van der Waals surface area contributed by atoms with E-state index >= 15 is 0 Å². The number of ether oxygens (including phenoxy) is 1. The first-order chi connectivity index (χ1) is 16.0. The molecule has 0 bridgehead atoms. The van der Waals surface area contributed by atoms with Crippen LogP contribution in [-0.4, -0.2) is 65.3 Å². The fourth-order valence-electron chi connectivity index (χ4n) is 4.43. The first-order valence-corrected chi connectivity index (χ1v) is 12.4. The van der Waals surface area contributed by atoms with Crippen LogP contribution in [0.4, 0.5) is 5.82 Å². The van der Waals surface area contributed by atoms with Crippen molar-refractivity contribution in [2.75, 3.05) is 38.3 Å². The molecule has 1 aromatic carbocycles. The molecule has 7 nitrogen and oxygen atoms in total. The average molecular weight is 469 g/mol. The van der Waals surface area contributed by atoms with Crippen molar-refractivity contribution in [2.24, 2.45) is 0 Å². The number of carbonyl (C=O) groups is 1. The second-order valence-electron chi connectivity index (χ2n) is 8.68. The summed E-state index contributed by atoms with van der Waals surface area (Å²) in [7, 11) is 1.99. The van der Waals surface area contributed by atoms with E-state index in [0.717, 1.165) is 58.0 Å². The number of aryl methyl sites for hydroxylation is 2. The van der Waals surface area contributed by atoms with Crippen LogP contribution in [0.3, 0.4) is 0 Å². The molecule has 0 saturated carbocycles. The van der Waals surface area contributed by atoms with E-state index < -0.39 is 0 Å². The van der Waals surface area contributed by atoms with Crippen molar-refractivity contribution in [3.05, 3.63) is 46.6 Å². The molecule has 1 aliphatic heterocycles. The van der Waals surface area contributed by atoms with Gasteiger partial charge in [0.2, 0.25) is 0 Å². The first-order valence-electron chi connectivity index (χ1n) is 11.6. The lowest BCUT2D eigenvalue weighted by molar-refractivity contribution is 0.0579. The molecule has 8 heteroatoms. The Hall–Kier alpha value is -2.71. The zero-order valence-electron chi connectivity index (χ0n) is 19.6. The number of hydrogen-bond acceptors (Lipinski definition) is 7. The van der Waals surface area contributed by atoms with Crippen LogP contribution in [0.15, 0.2) is 30.6 Å². The normalized spacial score (nSPS) is 16.2. The molecular weight excluding hydrogens is 436 g/mol. The van der Waals surface area contributed by atoms with E-state index in [4.69, 9.17) is 4.74 Å². The van der Waals surface area contributed by atoms with Crippen LogP contribution in [0, 0.1) is 13.8 Å². The third-order valence-electron chi connectivity index (χ3n) is 6.33. The predicted octanol–water partition coefficient (Wildman–Crippen LogP) is 4.20. The molecule has 0 radical (unpaired) electrons. The molecule has 3 aromatic rings. The molecule has 1 aliphatic rings. The SMILES string of the molecule is Cc1ccc(OCCN(C)c2ncnc3sc(C(=O)N4CCCCC4CCO)c(C)c23)cc1. The number of benzene rings is 1. The number of hydrogen-bond donors (Lipinski definition) is 1. The third-order valence-corrected chi connectivity index (χ3v) is 7.52. The van der Waals surface area contributed by atoms with Gasteiger partial charge in [-0.1, -0.05) is 17.7 Å². The van der Waals surface area contributed by atoms with Gasteiger partial charge in [-0.05, 0) is 57.2 Å². The van der Waals surface area contributed by atoms with Crippen molar-refractivity contribution in [3.63, 3.8) is 0 Å². The monoisotopic (exact) mass is 468 g/mol. The van der Waals surface area contributed by atoms with Crippen LogP contribution < -0.4 is 9.64 Å². The van der Waals surface area contributed by atoms with E-state index in [0.29, 0.717) is 19.6 Å². The molecule has 4 rings (SSSR count). The Balaban J connectivity index is 1.53. The van der Waals surface area contributed by atoms with Gasteiger partial charge in [0.05, 0.1) is 16.8 Å². The molecule has 1 fully saturated rings. The van der Waals surface area contributed by atoms with Gasteiger partial charge in [0.25, 0.3) is 5.91 Å². The number of aliphatic hydroxyl groups excluding tert-OH is 1. The van der Waals surface area contributed by atoms with Gasteiger partial charge in [0.1, 0.15) is 29.3 Å². The van der Waals surface area contributed by atoms with Crippen molar-refractivity contribution >= 4 is 33.3 Å².